The molecule has 0 aliphatic carbocycles. The van der Waals surface area contributed by atoms with Crippen molar-refractivity contribution in [3.8, 4) is 0 Å². The highest BCUT2D eigenvalue weighted by atomic mass is 19.1. The molecule has 2 atom stereocenters. The van der Waals surface area contributed by atoms with Gasteiger partial charge in [-0.1, -0.05) is 0 Å². The number of nitrogens with one attached hydrogen (secondary N) is 1. The van der Waals surface area contributed by atoms with Crippen LogP contribution in [0.25, 0.3) is 0 Å². The minimum Gasteiger partial charge on any atom is -0.373 e. The summed E-state index contributed by atoms with van der Waals surface area (Å²) in [5.41, 5.74) is 0. The molecule has 1 N–H and O–H groups in total. The highest BCUT2D eigenvalue weighted by Crippen LogP contribution is 2.06. The normalized spacial score (nSPS) is 34.2. The van der Waals surface area contributed by atoms with Crippen molar-refractivity contribution in [2.45, 2.75) is 25.6 Å². The van der Waals surface area contributed by atoms with Crippen molar-refractivity contribution in [2.24, 2.45) is 0 Å². The summed E-state index contributed by atoms with van der Waals surface area (Å²) in [5, 5.41) is 3.18. The molecule has 1 aliphatic rings. The summed E-state index contributed by atoms with van der Waals surface area (Å²) in [4.78, 5) is 0. The molecule has 1 aliphatic heterocycles. The van der Waals surface area contributed by atoms with Crippen LogP contribution in [0.4, 0.5) is 4.39 Å². The van der Waals surface area contributed by atoms with Crippen LogP contribution < -0.4 is 5.32 Å². The van der Waals surface area contributed by atoms with E-state index in [2.05, 4.69) is 5.32 Å². The van der Waals surface area contributed by atoms with Crippen molar-refractivity contribution in [2.75, 3.05) is 19.8 Å². The van der Waals surface area contributed by atoms with Gasteiger partial charge in [-0.25, -0.2) is 0 Å². The maximum Gasteiger partial charge on any atom is 0.0919 e. The van der Waals surface area contributed by atoms with Crippen molar-refractivity contribution >= 4 is 0 Å². The third-order valence-corrected chi connectivity index (χ3v) is 1.66. The summed E-state index contributed by atoms with van der Waals surface area (Å²) in [6.07, 6.45) is 0.858. The minimum atomic E-state index is -0.279. The van der Waals surface area contributed by atoms with E-state index in [0.29, 0.717) is 6.42 Å². The zero-order valence-corrected chi connectivity index (χ0v) is 6.27. The van der Waals surface area contributed by atoms with Gasteiger partial charge in [0, 0.05) is 19.5 Å². The van der Waals surface area contributed by atoms with Gasteiger partial charge in [-0.05, 0) is 6.92 Å². The van der Waals surface area contributed by atoms with Crippen LogP contribution in [-0.2, 0) is 4.74 Å². The predicted octanol–water partition coefficient (Wildman–Crippen LogP) is 0.723. The molecule has 60 valence electrons. The average molecular weight is 147 g/mol. The average Bonchev–Trinajstić information content (AvgIpc) is 1.88. The summed E-state index contributed by atoms with van der Waals surface area (Å²) < 4.78 is 17.2. The van der Waals surface area contributed by atoms with E-state index in [1.807, 2.05) is 6.92 Å². The lowest BCUT2D eigenvalue weighted by atomic mass is 10.2. The summed E-state index contributed by atoms with van der Waals surface area (Å²) >= 11 is 0. The van der Waals surface area contributed by atoms with Gasteiger partial charge in [0.2, 0.25) is 0 Å². The predicted molar refractivity (Wildman–Crippen MR) is 37.8 cm³/mol. The van der Waals surface area contributed by atoms with Crippen LogP contribution in [0.5, 0.6) is 0 Å². The van der Waals surface area contributed by atoms with Crippen molar-refractivity contribution in [1.82, 2.24) is 5.32 Å². The molecule has 3 heteroatoms. The van der Waals surface area contributed by atoms with Gasteiger partial charge < -0.3 is 10.1 Å². The summed E-state index contributed by atoms with van der Waals surface area (Å²) in [6.45, 7) is 3.41. The molecule has 0 amide bonds. The molecule has 10 heavy (non-hydrogen) atoms. The van der Waals surface area contributed by atoms with Gasteiger partial charge in [-0.2, -0.15) is 0 Å². The Morgan fingerprint density at radius 3 is 3.00 bits per heavy atom. The fourth-order valence-corrected chi connectivity index (χ4v) is 1.16. The van der Waals surface area contributed by atoms with Gasteiger partial charge in [0.05, 0.1) is 18.9 Å². The summed E-state index contributed by atoms with van der Waals surface area (Å²) in [7, 11) is 0. The smallest absolute Gasteiger partial charge is 0.0919 e. The van der Waals surface area contributed by atoms with Gasteiger partial charge in [0.15, 0.2) is 0 Å². The van der Waals surface area contributed by atoms with Crippen molar-refractivity contribution in [1.29, 1.82) is 0 Å². The van der Waals surface area contributed by atoms with Crippen LogP contribution in [0.15, 0.2) is 0 Å². The first-order valence-electron chi connectivity index (χ1n) is 3.75. The van der Waals surface area contributed by atoms with E-state index >= 15 is 0 Å². The molecule has 1 rings (SSSR count). The molecule has 0 aromatic rings. The monoisotopic (exact) mass is 147 g/mol. The number of morpholine rings is 1. The molecule has 2 nitrogen and oxygen atoms in total. The third-order valence-electron chi connectivity index (χ3n) is 1.66. The zero-order chi connectivity index (χ0) is 7.40. The van der Waals surface area contributed by atoms with Crippen LogP contribution in [0.1, 0.15) is 13.3 Å². The van der Waals surface area contributed by atoms with E-state index in [0.717, 1.165) is 13.1 Å². The lowest BCUT2D eigenvalue weighted by molar-refractivity contribution is -0.0331. The second-order valence-electron chi connectivity index (χ2n) is 2.70. The topological polar surface area (TPSA) is 21.3 Å². The molecule has 0 spiro atoms. The second-order valence-corrected chi connectivity index (χ2v) is 2.70. The molecular formula is C7H14FNO. The maximum absolute atomic E-state index is 11.8. The lowest BCUT2D eigenvalue weighted by Gasteiger charge is -2.27. The van der Waals surface area contributed by atoms with Gasteiger partial charge >= 0.3 is 0 Å². The Labute approximate surface area is 60.8 Å². The third kappa shape index (κ3) is 2.23. The number of hydrogen-bond acceptors (Lipinski definition) is 2. The Morgan fingerprint density at radius 1 is 1.60 bits per heavy atom. The SMILES string of the molecule is C[C@H]1CNC[C@@H](CCF)O1. The Kier molecular flexibility index (Phi) is 3.09. The van der Waals surface area contributed by atoms with Gasteiger partial charge in [0.1, 0.15) is 0 Å². The minimum absolute atomic E-state index is 0.0914. The fourth-order valence-electron chi connectivity index (χ4n) is 1.16. The number of hydrogen-bond donors (Lipinski definition) is 1. The van der Waals surface area contributed by atoms with E-state index in [4.69, 9.17) is 4.74 Å². The van der Waals surface area contributed by atoms with E-state index in [9.17, 15) is 4.39 Å². The zero-order valence-electron chi connectivity index (χ0n) is 6.27. The molecule has 0 unspecified atom stereocenters. The van der Waals surface area contributed by atoms with E-state index < -0.39 is 0 Å². The Morgan fingerprint density at radius 2 is 2.40 bits per heavy atom. The largest absolute Gasteiger partial charge is 0.373 e. The molecule has 0 aromatic carbocycles. The Bertz CT molecular complexity index is 97.6. The Hall–Kier alpha value is -0.150. The quantitative estimate of drug-likeness (QED) is 0.621. The van der Waals surface area contributed by atoms with Crippen LogP contribution in [0.2, 0.25) is 0 Å². The summed E-state index contributed by atoms with van der Waals surface area (Å²) in [6, 6.07) is 0. The molecule has 0 aromatic heterocycles. The lowest BCUT2D eigenvalue weighted by Crippen LogP contribution is -2.43. The molecule has 1 heterocycles. The van der Waals surface area contributed by atoms with Crippen molar-refractivity contribution in [3.63, 3.8) is 0 Å². The molecule has 0 saturated carbocycles. The van der Waals surface area contributed by atoms with Crippen LogP contribution in [0.3, 0.4) is 0 Å². The van der Waals surface area contributed by atoms with Crippen LogP contribution in [0, 0.1) is 0 Å². The standard InChI is InChI=1S/C7H14FNO/c1-6-4-9-5-7(10-6)2-3-8/h6-7,9H,2-5H2,1H3/t6-,7+/m0/s1. The molecule has 1 saturated heterocycles. The van der Waals surface area contributed by atoms with Gasteiger partial charge in [-0.15, -0.1) is 0 Å². The Balaban J connectivity index is 2.18. The van der Waals surface area contributed by atoms with Crippen LogP contribution >= 0.6 is 0 Å². The number of rotatable bonds is 2. The molecular weight excluding hydrogens is 133 g/mol. The van der Waals surface area contributed by atoms with Crippen molar-refractivity contribution < 1.29 is 9.13 Å². The first-order valence-corrected chi connectivity index (χ1v) is 3.75. The highest BCUT2D eigenvalue weighted by molar-refractivity contribution is 4.70. The van der Waals surface area contributed by atoms with Crippen LogP contribution in [-0.4, -0.2) is 32.0 Å². The number of alkyl halides is 1. The first-order chi connectivity index (χ1) is 4.83. The highest BCUT2D eigenvalue weighted by Gasteiger charge is 2.17. The molecule has 1 fully saturated rings. The molecule has 0 bridgehead atoms. The molecule has 0 radical (unpaired) electrons. The maximum atomic E-state index is 11.8. The van der Waals surface area contributed by atoms with Gasteiger partial charge in [0.25, 0.3) is 0 Å². The number of ether oxygens (including phenoxy) is 1. The fraction of sp³-hybridized carbons (Fsp3) is 1.00. The van der Waals surface area contributed by atoms with E-state index in [1.54, 1.807) is 0 Å². The summed E-state index contributed by atoms with van der Waals surface area (Å²) in [5.74, 6) is 0. The number of halogens is 1. The van der Waals surface area contributed by atoms with E-state index in [-0.39, 0.29) is 18.9 Å². The second kappa shape index (κ2) is 3.88. The van der Waals surface area contributed by atoms with Gasteiger partial charge in [-0.3, -0.25) is 4.39 Å². The van der Waals surface area contributed by atoms with E-state index in [1.165, 1.54) is 0 Å². The first kappa shape index (κ1) is 7.95. The van der Waals surface area contributed by atoms with Crippen molar-refractivity contribution in [3.05, 3.63) is 0 Å².